The average Bonchev–Trinajstić information content (AvgIpc) is 3.01. The minimum absolute atomic E-state index is 0.0941. The Morgan fingerprint density at radius 1 is 1.20 bits per heavy atom. The molecular formula is C17H19F3N2O3. The molecular weight excluding hydrogens is 337 g/mol. The number of hydrogen-bond acceptors (Lipinski definition) is 3. The normalized spacial score (nSPS) is 22.0. The van der Waals surface area contributed by atoms with Gasteiger partial charge in [0.25, 0.3) is 0 Å². The van der Waals surface area contributed by atoms with Crippen LogP contribution < -0.4 is 10.1 Å². The van der Waals surface area contributed by atoms with Crippen LogP contribution in [0.15, 0.2) is 24.3 Å². The molecule has 2 heterocycles. The van der Waals surface area contributed by atoms with E-state index in [1.807, 2.05) is 0 Å². The van der Waals surface area contributed by atoms with Gasteiger partial charge >= 0.3 is 6.18 Å². The van der Waals surface area contributed by atoms with Crippen molar-refractivity contribution in [1.82, 2.24) is 10.2 Å². The number of benzene rings is 1. The van der Waals surface area contributed by atoms with E-state index in [-0.39, 0.29) is 23.7 Å². The summed E-state index contributed by atoms with van der Waals surface area (Å²) in [5.41, 5.74) is -0.741. The second kappa shape index (κ2) is 6.93. The van der Waals surface area contributed by atoms with Crippen LogP contribution >= 0.6 is 0 Å². The number of piperidine rings is 1. The number of nitrogens with one attached hydrogen (secondary N) is 1. The van der Waals surface area contributed by atoms with E-state index in [2.05, 4.69) is 5.32 Å². The van der Waals surface area contributed by atoms with Crippen molar-refractivity contribution in [2.45, 2.75) is 44.0 Å². The van der Waals surface area contributed by atoms with Crippen LogP contribution in [0.25, 0.3) is 0 Å². The highest BCUT2D eigenvalue weighted by molar-refractivity contribution is 5.90. The van der Waals surface area contributed by atoms with Crippen LogP contribution in [-0.2, 0) is 15.8 Å². The fraction of sp³-hybridized carbons (Fsp3) is 0.529. The van der Waals surface area contributed by atoms with Crippen molar-refractivity contribution in [1.29, 1.82) is 0 Å². The standard InChI is InChI=1S/C17H19F3N2O3/c18-17(19,20)11-2-1-3-13(10-11)25-12-6-8-22(9-7-12)16(24)14-4-5-15(23)21-14/h1-3,10,12,14H,4-9H2,(H,21,23)/t14-/m0/s1. The highest BCUT2D eigenvalue weighted by Gasteiger charge is 2.33. The van der Waals surface area contributed by atoms with Gasteiger partial charge in [-0.2, -0.15) is 13.2 Å². The van der Waals surface area contributed by atoms with Crippen molar-refractivity contribution in [3.8, 4) is 5.75 Å². The largest absolute Gasteiger partial charge is 0.490 e. The molecule has 0 spiro atoms. The van der Waals surface area contributed by atoms with Crippen molar-refractivity contribution >= 4 is 11.8 Å². The molecule has 1 atom stereocenters. The molecule has 1 aromatic rings. The summed E-state index contributed by atoms with van der Waals surface area (Å²) < 4.78 is 43.9. The highest BCUT2D eigenvalue weighted by atomic mass is 19.4. The smallest absolute Gasteiger partial charge is 0.416 e. The van der Waals surface area contributed by atoms with Crippen LogP contribution in [0.3, 0.4) is 0 Å². The van der Waals surface area contributed by atoms with Crippen molar-refractivity contribution in [2.24, 2.45) is 0 Å². The maximum absolute atomic E-state index is 12.7. The van der Waals surface area contributed by atoms with Gasteiger partial charge in [0, 0.05) is 32.4 Å². The van der Waals surface area contributed by atoms with Gasteiger partial charge in [-0.1, -0.05) is 6.07 Å². The summed E-state index contributed by atoms with van der Waals surface area (Å²) in [7, 11) is 0. The zero-order valence-electron chi connectivity index (χ0n) is 13.5. The van der Waals surface area contributed by atoms with Crippen molar-refractivity contribution in [3.05, 3.63) is 29.8 Å². The first kappa shape index (κ1) is 17.6. The lowest BCUT2D eigenvalue weighted by Crippen LogP contribution is -2.49. The number of nitrogens with zero attached hydrogens (tertiary/aromatic N) is 1. The lowest BCUT2D eigenvalue weighted by molar-refractivity contribution is -0.138. The minimum atomic E-state index is -4.40. The third-order valence-corrected chi connectivity index (χ3v) is 4.51. The van der Waals surface area contributed by atoms with Gasteiger partial charge in [-0.25, -0.2) is 0 Å². The van der Waals surface area contributed by atoms with Gasteiger partial charge in [0.1, 0.15) is 17.9 Å². The zero-order valence-corrected chi connectivity index (χ0v) is 13.5. The monoisotopic (exact) mass is 356 g/mol. The summed E-state index contributed by atoms with van der Waals surface area (Å²) >= 11 is 0. The molecule has 0 saturated carbocycles. The molecule has 25 heavy (non-hydrogen) atoms. The second-order valence-corrected chi connectivity index (χ2v) is 6.33. The minimum Gasteiger partial charge on any atom is -0.490 e. The summed E-state index contributed by atoms with van der Waals surface area (Å²) in [6.45, 7) is 0.934. The number of rotatable bonds is 3. The Morgan fingerprint density at radius 2 is 1.92 bits per heavy atom. The molecule has 1 aromatic carbocycles. The molecule has 8 heteroatoms. The quantitative estimate of drug-likeness (QED) is 0.905. The van der Waals surface area contributed by atoms with E-state index < -0.39 is 17.8 Å². The Bertz CT molecular complexity index is 655. The lowest BCUT2D eigenvalue weighted by atomic mass is 10.1. The van der Waals surface area contributed by atoms with E-state index in [1.54, 1.807) is 4.90 Å². The van der Waals surface area contributed by atoms with Gasteiger partial charge < -0.3 is 15.0 Å². The van der Waals surface area contributed by atoms with Gasteiger partial charge in [0.2, 0.25) is 11.8 Å². The molecule has 2 aliphatic rings. The van der Waals surface area contributed by atoms with Gasteiger partial charge in [0.05, 0.1) is 5.56 Å². The van der Waals surface area contributed by atoms with Crippen molar-refractivity contribution < 1.29 is 27.5 Å². The van der Waals surface area contributed by atoms with Crippen LogP contribution in [0.2, 0.25) is 0 Å². The van der Waals surface area contributed by atoms with Gasteiger partial charge in [-0.05, 0) is 24.6 Å². The highest BCUT2D eigenvalue weighted by Crippen LogP contribution is 2.32. The first-order valence-electron chi connectivity index (χ1n) is 8.25. The van der Waals surface area contributed by atoms with Gasteiger partial charge in [-0.3, -0.25) is 9.59 Å². The lowest BCUT2D eigenvalue weighted by Gasteiger charge is -2.33. The van der Waals surface area contributed by atoms with Crippen LogP contribution in [0.1, 0.15) is 31.2 Å². The molecule has 2 amide bonds. The first-order valence-corrected chi connectivity index (χ1v) is 8.25. The van der Waals surface area contributed by atoms with E-state index in [0.29, 0.717) is 38.8 Å². The van der Waals surface area contributed by atoms with Crippen molar-refractivity contribution in [3.63, 3.8) is 0 Å². The molecule has 0 aromatic heterocycles. The van der Waals surface area contributed by atoms with Gasteiger partial charge in [0.15, 0.2) is 0 Å². The van der Waals surface area contributed by atoms with E-state index in [0.717, 1.165) is 12.1 Å². The summed E-state index contributed by atoms with van der Waals surface area (Å²) in [5.74, 6) is -0.0212. The molecule has 136 valence electrons. The number of carbonyl (C=O) groups excluding carboxylic acids is 2. The molecule has 0 radical (unpaired) electrons. The molecule has 5 nitrogen and oxygen atoms in total. The molecule has 2 aliphatic heterocycles. The molecule has 0 bridgehead atoms. The fourth-order valence-corrected chi connectivity index (χ4v) is 3.15. The maximum Gasteiger partial charge on any atom is 0.416 e. The zero-order chi connectivity index (χ0) is 18.0. The molecule has 1 N–H and O–H groups in total. The summed E-state index contributed by atoms with van der Waals surface area (Å²) in [4.78, 5) is 25.2. The molecule has 0 aliphatic carbocycles. The number of alkyl halides is 3. The molecule has 3 rings (SSSR count). The Balaban J connectivity index is 1.53. The SMILES string of the molecule is O=C1CC[C@@H](C(=O)N2CCC(Oc3cccc(C(F)(F)F)c3)CC2)N1. The second-order valence-electron chi connectivity index (χ2n) is 6.33. The van der Waals surface area contributed by atoms with Crippen LogP contribution in [0.5, 0.6) is 5.75 Å². The molecule has 0 unspecified atom stereocenters. The topological polar surface area (TPSA) is 58.6 Å². The predicted molar refractivity (Wildman–Crippen MR) is 82.8 cm³/mol. The van der Waals surface area contributed by atoms with Crippen LogP contribution in [0.4, 0.5) is 13.2 Å². The number of likely N-dealkylation sites (tertiary alicyclic amines) is 1. The summed E-state index contributed by atoms with van der Waals surface area (Å²) in [6, 6.07) is 4.36. The Morgan fingerprint density at radius 3 is 2.52 bits per heavy atom. The van der Waals surface area contributed by atoms with Crippen LogP contribution in [0, 0.1) is 0 Å². The maximum atomic E-state index is 12.7. The fourth-order valence-electron chi connectivity index (χ4n) is 3.15. The molecule has 2 saturated heterocycles. The summed E-state index contributed by atoms with van der Waals surface area (Å²) in [5, 5.41) is 2.65. The van der Waals surface area contributed by atoms with E-state index in [4.69, 9.17) is 4.74 Å². The first-order chi connectivity index (χ1) is 11.8. The summed E-state index contributed by atoms with van der Waals surface area (Å²) in [6.07, 6.45) is -2.67. The third-order valence-electron chi connectivity index (χ3n) is 4.51. The number of carbonyl (C=O) groups is 2. The Kier molecular flexibility index (Phi) is 4.87. The van der Waals surface area contributed by atoms with Gasteiger partial charge in [-0.15, -0.1) is 0 Å². The van der Waals surface area contributed by atoms with Crippen LogP contribution in [-0.4, -0.2) is 41.9 Å². The number of ether oxygens (including phenoxy) is 1. The number of halogens is 3. The van der Waals surface area contributed by atoms with Crippen molar-refractivity contribution in [2.75, 3.05) is 13.1 Å². The average molecular weight is 356 g/mol. The molecule has 2 fully saturated rings. The Labute approximate surface area is 143 Å². The van der Waals surface area contributed by atoms with E-state index >= 15 is 0 Å². The third kappa shape index (κ3) is 4.24. The van der Waals surface area contributed by atoms with E-state index in [9.17, 15) is 22.8 Å². The van der Waals surface area contributed by atoms with E-state index in [1.165, 1.54) is 12.1 Å². The Hall–Kier alpha value is -2.25. The number of hydrogen-bond donors (Lipinski definition) is 1. The predicted octanol–water partition coefficient (Wildman–Crippen LogP) is 2.35. The number of amides is 2.